The van der Waals surface area contributed by atoms with E-state index in [0.717, 1.165) is 6.07 Å². The topological polar surface area (TPSA) is 88.5 Å². The molecule has 0 atom stereocenters. The number of hydrogen-bond acceptors (Lipinski definition) is 4. The number of hydrogen-bond donors (Lipinski definition) is 2. The van der Waals surface area contributed by atoms with Crippen LogP contribution in [0.4, 0.5) is 13.2 Å². The van der Waals surface area contributed by atoms with Crippen molar-refractivity contribution in [3.05, 3.63) is 22.8 Å². The average Bonchev–Trinajstić information content (AvgIpc) is 2.58. The Balaban J connectivity index is 1.74. The molecule has 144 valence electrons. The SMILES string of the molecule is O=C(O)C1CCC(C(=O)NCCOc2ncc(C(F)(F)F)cc2Cl)CC1. The summed E-state index contributed by atoms with van der Waals surface area (Å²) in [6.07, 6.45) is -1.96. The largest absolute Gasteiger partial charge is 0.481 e. The zero-order valence-electron chi connectivity index (χ0n) is 13.7. The molecule has 1 amide bonds. The fourth-order valence-electron chi connectivity index (χ4n) is 2.76. The summed E-state index contributed by atoms with van der Waals surface area (Å²) in [5.41, 5.74) is -0.972. The third-order valence-corrected chi connectivity index (χ3v) is 4.49. The van der Waals surface area contributed by atoms with E-state index in [0.29, 0.717) is 31.9 Å². The number of halogens is 4. The fraction of sp³-hybridized carbons (Fsp3) is 0.562. The molecule has 1 saturated carbocycles. The molecule has 26 heavy (non-hydrogen) atoms. The van der Waals surface area contributed by atoms with Crippen LogP contribution < -0.4 is 10.1 Å². The molecule has 1 aromatic rings. The highest BCUT2D eigenvalue weighted by molar-refractivity contribution is 6.31. The van der Waals surface area contributed by atoms with Gasteiger partial charge < -0.3 is 15.2 Å². The molecule has 1 aromatic heterocycles. The van der Waals surface area contributed by atoms with Gasteiger partial charge in [0, 0.05) is 12.1 Å². The van der Waals surface area contributed by atoms with Crippen molar-refractivity contribution >= 4 is 23.5 Å². The number of nitrogens with one attached hydrogen (secondary N) is 1. The summed E-state index contributed by atoms with van der Waals surface area (Å²) in [4.78, 5) is 26.4. The van der Waals surface area contributed by atoms with E-state index in [1.807, 2.05) is 0 Å². The van der Waals surface area contributed by atoms with Gasteiger partial charge in [0.2, 0.25) is 11.8 Å². The first kappa shape index (κ1) is 20.3. The van der Waals surface area contributed by atoms with E-state index in [4.69, 9.17) is 21.4 Å². The van der Waals surface area contributed by atoms with Crippen LogP contribution in [-0.4, -0.2) is 35.1 Å². The number of carbonyl (C=O) groups excluding carboxylic acids is 1. The quantitative estimate of drug-likeness (QED) is 0.724. The zero-order chi connectivity index (χ0) is 19.3. The first-order valence-electron chi connectivity index (χ1n) is 8.04. The Morgan fingerprint density at radius 1 is 1.27 bits per heavy atom. The Morgan fingerprint density at radius 2 is 1.88 bits per heavy atom. The Hall–Kier alpha value is -2.03. The van der Waals surface area contributed by atoms with Crippen LogP contribution in [0.1, 0.15) is 31.2 Å². The van der Waals surface area contributed by atoms with Gasteiger partial charge in [-0.3, -0.25) is 9.59 Å². The number of alkyl halides is 3. The van der Waals surface area contributed by atoms with Crippen molar-refractivity contribution in [2.24, 2.45) is 11.8 Å². The third kappa shape index (κ3) is 5.48. The van der Waals surface area contributed by atoms with Crippen LogP contribution in [0.5, 0.6) is 5.88 Å². The van der Waals surface area contributed by atoms with Crippen LogP contribution >= 0.6 is 11.6 Å². The highest BCUT2D eigenvalue weighted by atomic mass is 35.5. The number of aliphatic carboxylic acids is 1. The van der Waals surface area contributed by atoms with Crippen LogP contribution in [0.2, 0.25) is 5.02 Å². The average molecular weight is 395 g/mol. The molecule has 2 N–H and O–H groups in total. The lowest BCUT2D eigenvalue weighted by atomic mass is 9.81. The monoisotopic (exact) mass is 394 g/mol. The molecule has 1 fully saturated rings. The fourth-order valence-corrected chi connectivity index (χ4v) is 2.98. The maximum atomic E-state index is 12.5. The highest BCUT2D eigenvalue weighted by Gasteiger charge is 2.32. The minimum absolute atomic E-state index is 0.00566. The van der Waals surface area contributed by atoms with Gasteiger partial charge in [0.25, 0.3) is 0 Å². The first-order valence-corrected chi connectivity index (χ1v) is 8.42. The molecule has 1 heterocycles. The van der Waals surface area contributed by atoms with Crippen molar-refractivity contribution in [3.8, 4) is 5.88 Å². The predicted octanol–water partition coefficient (Wildman–Crippen LogP) is 3.14. The number of carboxylic acids is 1. The molecule has 0 bridgehead atoms. The molecule has 2 rings (SSSR count). The van der Waals surface area contributed by atoms with Gasteiger partial charge in [-0.15, -0.1) is 0 Å². The predicted molar refractivity (Wildman–Crippen MR) is 85.8 cm³/mol. The second-order valence-electron chi connectivity index (χ2n) is 6.04. The number of aromatic nitrogens is 1. The van der Waals surface area contributed by atoms with Crippen LogP contribution in [0.25, 0.3) is 0 Å². The second kappa shape index (κ2) is 8.57. The molecular formula is C16H18ClF3N2O4. The summed E-state index contributed by atoms with van der Waals surface area (Å²) in [6.45, 7) is 0.130. The van der Waals surface area contributed by atoms with E-state index in [1.54, 1.807) is 0 Å². The molecule has 1 aliphatic rings. The second-order valence-corrected chi connectivity index (χ2v) is 6.44. The van der Waals surface area contributed by atoms with Crippen molar-refractivity contribution < 1.29 is 32.6 Å². The van der Waals surface area contributed by atoms with Crippen molar-refractivity contribution in [1.29, 1.82) is 0 Å². The summed E-state index contributed by atoms with van der Waals surface area (Å²) >= 11 is 5.72. The number of pyridine rings is 1. The molecule has 0 spiro atoms. The number of amides is 1. The molecular weight excluding hydrogens is 377 g/mol. The first-order chi connectivity index (χ1) is 12.2. The minimum atomic E-state index is -4.54. The third-order valence-electron chi connectivity index (χ3n) is 4.22. The maximum absolute atomic E-state index is 12.5. The summed E-state index contributed by atoms with van der Waals surface area (Å²) in [7, 11) is 0. The summed E-state index contributed by atoms with van der Waals surface area (Å²) in [5.74, 6) is -1.80. The molecule has 6 nitrogen and oxygen atoms in total. The van der Waals surface area contributed by atoms with Gasteiger partial charge in [-0.05, 0) is 31.7 Å². The normalized spacial score (nSPS) is 20.5. The molecule has 1 aliphatic carbocycles. The molecule has 0 unspecified atom stereocenters. The van der Waals surface area contributed by atoms with Crippen molar-refractivity contribution in [2.75, 3.05) is 13.2 Å². The highest BCUT2D eigenvalue weighted by Crippen LogP contribution is 2.33. The van der Waals surface area contributed by atoms with Crippen LogP contribution in [0.15, 0.2) is 12.3 Å². The lowest BCUT2D eigenvalue weighted by Gasteiger charge is -2.25. The molecule has 0 radical (unpaired) electrons. The zero-order valence-corrected chi connectivity index (χ0v) is 14.4. The Kier molecular flexibility index (Phi) is 6.69. The number of carboxylic acid groups (broad SMARTS) is 1. The minimum Gasteiger partial charge on any atom is -0.481 e. The number of carbonyl (C=O) groups is 2. The summed E-state index contributed by atoms with van der Waals surface area (Å²) < 4.78 is 42.8. The van der Waals surface area contributed by atoms with E-state index in [-0.39, 0.29) is 35.9 Å². The lowest BCUT2D eigenvalue weighted by Crippen LogP contribution is -2.36. The standard InChI is InChI=1S/C16H18ClF3N2O4/c17-12-7-11(16(18,19)20)8-22-14(12)26-6-5-21-13(23)9-1-3-10(4-2-9)15(24)25/h7-10H,1-6H2,(H,21,23)(H,24,25). The van der Waals surface area contributed by atoms with E-state index in [2.05, 4.69) is 10.3 Å². The molecule has 10 heteroatoms. The maximum Gasteiger partial charge on any atom is 0.417 e. The van der Waals surface area contributed by atoms with E-state index in [1.165, 1.54) is 0 Å². The molecule has 0 aliphatic heterocycles. The van der Waals surface area contributed by atoms with Crippen molar-refractivity contribution in [3.63, 3.8) is 0 Å². The molecule has 0 aromatic carbocycles. The molecule has 0 saturated heterocycles. The van der Waals surface area contributed by atoms with Crippen molar-refractivity contribution in [1.82, 2.24) is 10.3 Å². The van der Waals surface area contributed by atoms with E-state index >= 15 is 0 Å². The van der Waals surface area contributed by atoms with Crippen LogP contribution in [-0.2, 0) is 15.8 Å². The van der Waals surface area contributed by atoms with Gasteiger partial charge in [-0.2, -0.15) is 13.2 Å². The van der Waals surface area contributed by atoms with Gasteiger partial charge >= 0.3 is 12.1 Å². The van der Waals surface area contributed by atoms with Crippen molar-refractivity contribution in [2.45, 2.75) is 31.9 Å². The number of ether oxygens (including phenoxy) is 1. The Morgan fingerprint density at radius 3 is 2.42 bits per heavy atom. The van der Waals surface area contributed by atoms with Gasteiger partial charge in [0.05, 0.1) is 18.0 Å². The Bertz CT molecular complexity index is 661. The summed E-state index contributed by atoms with van der Waals surface area (Å²) in [6, 6.07) is 0.726. The van der Waals surface area contributed by atoms with Gasteiger partial charge in [0.15, 0.2) is 0 Å². The van der Waals surface area contributed by atoms with Crippen LogP contribution in [0, 0.1) is 11.8 Å². The summed E-state index contributed by atoms with van der Waals surface area (Å²) in [5, 5.41) is 11.3. The number of nitrogens with zero attached hydrogens (tertiary/aromatic N) is 1. The number of rotatable bonds is 6. The van der Waals surface area contributed by atoms with Gasteiger partial charge in [-0.1, -0.05) is 11.6 Å². The lowest BCUT2D eigenvalue weighted by molar-refractivity contribution is -0.144. The Labute approximate surface area is 152 Å². The van der Waals surface area contributed by atoms with E-state index in [9.17, 15) is 22.8 Å². The van der Waals surface area contributed by atoms with Crippen LogP contribution in [0.3, 0.4) is 0 Å². The van der Waals surface area contributed by atoms with E-state index < -0.39 is 23.6 Å². The smallest absolute Gasteiger partial charge is 0.417 e. The van der Waals surface area contributed by atoms with Gasteiger partial charge in [-0.25, -0.2) is 4.98 Å². The van der Waals surface area contributed by atoms with Gasteiger partial charge in [0.1, 0.15) is 11.6 Å².